The third-order valence-corrected chi connectivity index (χ3v) is 5.46. The second-order valence-corrected chi connectivity index (χ2v) is 7.10. The number of fused-ring (bicyclic) bond motifs is 3. The van der Waals surface area contributed by atoms with Crippen molar-refractivity contribution in [2.24, 2.45) is 0 Å². The monoisotopic (exact) mass is 438 g/mol. The fourth-order valence-electron chi connectivity index (χ4n) is 4.09. The summed E-state index contributed by atoms with van der Waals surface area (Å²) in [4.78, 5) is 11.8. The number of methoxy groups -OCH3 is 3. The van der Waals surface area contributed by atoms with Crippen molar-refractivity contribution in [1.82, 2.24) is 5.32 Å². The van der Waals surface area contributed by atoms with Gasteiger partial charge in [-0.05, 0) is 46.7 Å². The number of phenolic OH excluding ortho intramolecular Hbond substituents is 1. The molecule has 0 fully saturated rings. The maximum atomic E-state index is 12.2. The van der Waals surface area contributed by atoms with E-state index in [0.717, 1.165) is 5.39 Å². The van der Waals surface area contributed by atoms with E-state index in [1.165, 1.54) is 21.3 Å². The lowest BCUT2D eigenvalue weighted by molar-refractivity contribution is -0.432. The van der Waals surface area contributed by atoms with Crippen LogP contribution in [0.3, 0.4) is 0 Å². The van der Waals surface area contributed by atoms with Gasteiger partial charge in [0.15, 0.2) is 11.5 Å². The third-order valence-electron chi connectivity index (χ3n) is 5.46. The Hall–Kier alpha value is -4.14. The van der Waals surface area contributed by atoms with Crippen LogP contribution in [-0.4, -0.2) is 38.4 Å². The molecule has 32 heavy (non-hydrogen) atoms. The first-order valence-corrected chi connectivity index (χ1v) is 9.73. The molecule has 0 saturated carbocycles. The van der Waals surface area contributed by atoms with Crippen molar-refractivity contribution < 1.29 is 29.0 Å². The fourth-order valence-corrected chi connectivity index (χ4v) is 4.09. The van der Waals surface area contributed by atoms with E-state index in [-0.39, 0.29) is 17.3 Å². The van der Waals surface area contributed by atoms with Crippen LogP contribution in [0.4, 0.5) is 0 Å². The highest BCUT2D eigenvalue weighted by Crippen LogP contribution is 2.49. The molecule has 2 N–H and O–H groups in total. The van der Waals surface area contributed by atoms with Gasteiger partial charge in [-0.25, -0.2) is 0 Å². The number of ether oxygens (including phenoxy) is 4. The van der Waals surface area contributed by atoms with Crippen molar-refractivity contribution in [3.63, 3.8) is 0 Å². The van der Waals surface area contributed by atoms with Gasteiger partial charge in [0.05, 0.1) is 26.3 Å². The summed E-state index contributed by atoms with van der Waals surface area (Å²) in [5.74, 6) is 0.772. The molecular weight excluding hydrogens is 416 g/mol. The van der Waals surface area contributed by atoms with E-state index in [4.69, 9.17) is 18.9 Å². The lowest BCUT2D eigenvalue weighted by Crippen LogP contribution is -2.28. The van der Waals surface area contributed by atoms with Gasteiger partial charge in [0.1, 0.15) is 17.4 Å². The zero-order chi connectivity index (χ0) is 23.0. The van der Waals surface area contributed by atoms with Gasteiger partial charge < -0.3 is 29.4 Å². The molecule has 1 heterocycles. The molecule has 1 unspecified atom stereocenters. The Bertz CT molecular complexity index is 1230. The highest BCUT2D eigenvalue weighted by molar-refractivity contribution is 5.91. The summed E-state index contributed by atoms with van der Waals surface area (Å²) in [6.45, 7) is 0. The number of aromatic hydroxyl groups is 1. The lowest BCUT2D eigenvalue weighted by atomic mass is 9.83. The molecule has 0 aromatic heterocycles. The Balaban J connectivity index is 2.11. The molecule has 9 nitrogen and oxygen atoms in total. The van der Waals surface area contributed by atoms with Gasteiger partial charge in [0, 0.05) is 12.6 Å². The van der Waals surface area contributed by atoms with Crippen LogP contribution in [0.25, 0.3) is 10.8 Å². The average molecular weight is 438 g/mol. The van der Waals surface area contributed by atoms with E-state index in [2.05, 4.69) is 5.32 Å². The molecule has 3 aromatic carbocycles. The molecule has 166 valence electrons. The minimum Gasteiger partial charge on any atom is -0.508 e. The maximum absolute atomic E-state index is 12.2. The van der Waals surface area contributed by atoms with Gasteiger partial charge in [-0.2, -0.15) is 0 Å². The molecule has 0 spiro atoms. The summed E-state index contributed by atoms with van der Waals surface area (Å²) in [5.41, 5.74) is 0.919. The summed E-state index contributed by atoms with van der Waals surface area (Å²) in [5, 5.41) is 26.6. The van der Waals surface area contributed by atoms with Crippen LogP contribution in [0, 0.1) is 10.1 Å². The van der Waals surface area contributed by atoms with Crippen molar-refractivity contribution >= 4 is 10.8 Å². The Morgan fingerprint density at radius 3 is 2.25 bits per heavy atom. The van der Waals surface area contributed by atoms with Crippen molar-refractivity contribution in [2.75, 3.05) is 28.4 Å². The van der Waals surface area contributed by atoms with Crippen LogP contribution < -0.4 is 24.3 Å². The molecule has 0 amide bonds. The SMILES string of the molecule is CNC1=C([N+](=O)[O-])C(c2cc(OC)c(OC)c(OC)c2)c2c(ccc3ccc(O)cc23)O1. The lowest BCUT2D eigenvalue weighted by Gasteiger charge is -2.28. The van der Waals surface area contributed by atoms with Crippen molar-refractivity contribution in [3.05, 3.63) is 75.3 Å². The highest BCUT2D eigenvalue weighted by Gasteiger charge is 2.41. The number of nitrogens with one attached hydrogen (secondary N) is 1. The summed E-state index contributed by atoms with van der Waals surface area (Å²) < 4.78 is 22.2. The van der Waals surface area contributed by atoms with Crippen LogP contribution in [0.2, 0.25) is 0 Å². The molecule has 3 aromatic rings. The highest BCUT2D eigenvalue weighted by atomic mass is 16.6. The number of nitrogens with zero attached hydrogens (tertiary/aromatic N) is 1. The van der Waals surface area contributed by atoms with Crippen LogP contribution in [0.5, 0.6) is 28.7 Å². The molecule has 1 aliphatic heterocycles. The first-order chi connectivity index (χ1) is 15.4. The zero-order valence-corrected chi connectivity index (χ0v) is 18.0. The quantitative estimate of drug-likeness (QED) is 0.442. The Morgan fingerprint density at radius 1 is 1.03 bits per heavy atom. The van der Waals surface area contributed by atoms with Gasteiger partial charge in [-0.1, -0.05) is 12.1 Å². The van der Waals surface area contributed by atoms with Crippen LogP contribution in [-0.2, 0) is 0 Å². The van der Waals surface area contributed by atoms with Crippen molar-refractivity contribution in [1.29, 1.82) is 0 Å². The van der Waals surface area contributed by atoms with Crippen LogP contribution in [0.1, 0.15) is 17.0 Å². The smallest absolute Gasteiger partial charge is 0.317 e. The average Bonchev–Trinajstić information content (AvgIpc) is 2.81. The number of allylic oxidation sites excluding steroid dienone is 1. The second-order valence-electron chi connectivity index (χ2n) is 7.10. The third kappa shape index (κ3) is 3.27. The largest absolute Gasteiger partial charge is 0.508 e. The number of hydrogen-bond acceptors (Lipinski definition) is 8. The first-order valence-electron chi connectivity index (χ1n) is 9.73. The number of nitro groups is 1. The predicted molar refractivity (Wildman–Crippen MR) is 117 cm³/mol. The summed E-state index contributed by atoms with van der Waals surface area (Å²) in [7, 11) is 6.01. The summed E-state index contributed by atoms with van der Waals surface area (Å²) in [6, 6.07) is 11.8. The van der Waals surface area contributed by atoms with Gasteiger partial charge in [-0.3, -0.25) is 10.1 Å². The van der Waals surface area contributed by atoms with Crippen LogP contribution >= 0.6 is 0 Å². The van der Waals surface area contributed by atoms with E-state index < -0.39 is 10.8 Å². The number of phenols is 1. The standard InChI is InChI=1S/C23H22N2O7/c1-24-23-21(25(27)28)19(13-9-17(29-2)22(31-4)18(10-13)30-3)20-15-11-14(26)7-5-12(15)6-8-16(20)32-23/h5-11,19,24,26H,1-4H3. The minimum atomic E-state index is -0.851. The Labute approximate surface area is 183 Å². The number of rotatable bonds is 6. The molecule has 0 bridgehead atoms. The molecule has 1 aliphatic rings. The Morgan fingerprint density at radius 2 is 1.69 bits per heavy atom. The van der Waals surface area contributed by atoms with Crippen molar-refractivity contribution in [2.45, 2.75) is 5.92 Å². The Kier molecular flexibility index (Phi) is 5.40. The number of hydrogen-bond donors (Lipinski definition) is 2. The van der Waals surface area contributed by atoms with Gasteiger partial charge >= 0.3 is 5.70 Å². The first kappa shape index (κ1) is 21.1. The minimum absolute atomic E-state index is 0.0285. The van der Waals surface area contributed by atoms with E-state index in [9.17, 15) is 15.2 Å². The van der Waals surface area contributed by atoms with Gasteiger partial charge in [0.2, 0.25) is 5.75 Å². The maximum Gasteiger partial charge on any atom is 0.317 e. The van der Waals surface area contributed by atoms with Gasteiger partial charge in [-0.15, -0.1) is 0 Å². The van der Waals surface area contributed by atoms with E-state index in [1.807, 2.05) is 6.07 Å². The molecule has 0 aliphatic carbocycles. The molecule has 0 radical (unpaired) electrons. The predicted octanol–water partition coefficient (Wildman–Crippen LogP) is 3.76. The molecule has 0 saturated heterocycles. The second kappa shape index (κ2) is 8.18. The van der Waals surface area contributed by atoms with Crippen LogP contribution in [0.15, 0.2) is 54.0 Å². The summed E-state index contributed by atoms with van der Waals surface area (Å²) >= 11 is 0. The van der Waals surface area contributed by atoms with Gasteiger partial charge in [0.25, 0.3) is 5.88 Å². The molecular formula is C23H22N2O7. The zero-order valence-electron chi connectivity index (χ0n) is 18.0. The fraction of sp³-hybridized carbons (Fsp3) is 0.217. The van der Waals surface area contributed by atoms with E-state index in [1.54, 1.807) is 43.4 Å². The normalized spacial score (nSPS) is 15.1. The number of benzene rings is 3. The van der Waals surface area contributed by atoms with E-state index >= 15 is 0 Å². The van der Waals surface area contributed by atoms with E-state index in [0.29, 0.717) is 39.5 Å². The molecule has 1 atom stereocenters. The molecule has 9 heteroatoms. The van der Waals surface area contributed by atoms with Crippen molar-refractivity contribution in [3.8, 4) is 28.7 Å². The molecule has 4 rings (SSSR count). The summed E-state index contributed by atoms with van der Waals surface area (Å²) in [6.07, 6.45) is 0. The topological polar surface area (TPSA) is 112 Å².